The second-order valence-electron chi connectivity index (χ2n) is 6.97. The third-order valence-electron chi connectivity index (χ3n) is 4.95. The van der Waals surface area contributed by atoms with E-state index < -0.39 is 0 Å². The molecule has 1 aromatic carbocycles. The van der Waals surface area contributed by atoms with Crippen molar-refractivity contribution >= 4 is 29.2 Å². The van der Waals surface area contributed by atoms with Crippen LogP contribution in [0.15, 0.2) is 48.8 Å². The molecule has 0 radical (unpaired) electrons. The molecule has 8 heteroatoms. The van der Waals surface area contributed by atoms with Crippen LogP contribution in [0.3, 0.4) is 0 Å². The van der Waals surface area contributed by atoms with Gasteiger partial charge in [0.2, 0.25) is 0 Å². The van der Waals surface area contributed by atoms with Crippen molar-refractivity contribution in [3.8, 4) is 5.75 Å². The predicted molar refractivity (Wildman–Crippen MR) is 115 cm³/mol. The summed E-state index contributed by atoms with van der Waals surface area (Å²) in [5.74, 6) is 0.624. The molecule has 29 heavy (non-hydrogen) atoms. The summed E-state index contributed by atoms with van der Waals surface area (Å²) in [7, 11) is 0. The minimum absolute atomic E-state index is 0. The fraction of sp³-hybridized carbons (Fsp3) is 0.381. The highest BCUT2D eigenvalue weighted by molar-refractivity contribution is 5.92. The van der Waals surface area contributed by atoms with Crippen LogP contribution in [0.1, 0.15) is 35.8 Å². The quantitative estimate of drug-likeness (QED) is 0.580. The molecule has 1 amide bonds. The second-order valence-corrected chi connectivity index (χ2v) is 6.97. The molecule has 1 aliphatic heterocycles. The number of hydrogen-bond acceptors (Lipinski definition) is 5. The molecule has 7 nitrogen and oxygen atoms in total. The van der Waals surface area contributed by atoms with Crippen LogP contribution in [0, 0.1) is 0 Å². The zero-order chi connectivity index (χ0) is 19.2. The summed E-state index contributed by atoms with van der Waals surface area (Å²) >= 11 is 0. The molecule has 3 aromatic rings. The van der Waals surface area contributed by atoms with Gasteiger partial charge in [-0.05, 0) is 44.0 Å². The Labute approximate surface area is 176 Å². The first-order valence-corrected chi connectivity index (χ1v) is 9.82. The molecule has 1 saturated heterocycles. The van der Waals surface area contributed by atoms with Crippen molar-refractivity contribution < 1.29 is 9.53 Å². The Morgan fingerprint density at radius 1 is 1.28 bits per heavy atom. The number of aromatic nitrogens is 3. The van der Waals surface area contributed by atoms with Gasteiger partial charge in [0.05, 0.1) is 12.6 Å². The van der Waals surface area contributed by atoms with Crippen LogP contribution in [0.2, 0.25) is 0 Å². The van der Waals surface area contributed by atoms with Crippen molar-refractivity contribution in [2.45, 2.75) is 25.3 Å². The number of para-hydroxylation sites is 1. The maximum absolute atomic E-state index is 12.3. The van der Waals surface area contributed by atoms with Gasteiger partial charge in [0.1, 0.15) is 17.0 Å². The number of halogens is 1. The third-order valence-corrected chi connectivity index (χ3v) is 4.95. The van der Waals surface area contributed by atoms with Gasteiger partial charge in [0.15, 0.2) is 0 Å². The average Bonchev–Trinajstić information content (AvgIpc) is 3.25. The SMILES string of the molecule is Cl.O=C(NCCCOc1cccc2cccnc12)c1ccn(C2CCCNC2)n1. The van der Waals surface area contributed by atoms with Crippen LogP contribution in [0.25, 0.3) is 10.9 Å². The highest BCUT2D eigenvalue weighted by Crippen LogP contribution is 2.22. The van der Waals surface area contributed by atoms with E-state index in [1.165, 1.54) is 0 Å². The number of rotatable bonds is 7. The Morgan fingerprint density at radius 2 is 2.17 bits per heavy atom. The normalized spacial score (nSPS) is 16.2. The number of pyridine rings is 1. The summed E-state index contributed by atoms with van der Waals surface area (Å²) in [4.78, 5) is 16.7. The molecule has 2 aromatic heterocycles. The topological polar surface area (TPSA) is 81.1 Å². The molecule has 0 saturated carbocycles. The molecule has 154 valence electrons. The Balaban J connectivity index is 0.00000240. The van der Waals surface area contributed by atoms with E-state index in [0.717, 1.165) is 42.6 Å². The molecule has 0 aliphatic carbocycles. The lowest BCUT2D eigenvalue weighted by Crippen LogP contribution is -2.32. The average molecular weight is 416 g/mol. The van der Waals surface area contributed by atoms with Gasteiger partial charge < -0.3 is 15.4 Å². The number of ether oxygens (including phenoxy) is 1. The standard InChI is InChI=1S/C21H25N5O2.ClH/c27-21(18-9-13-26(25-18)17-7-3-10-22-15-17)24-12-4-14-28-19-8-1-5-16-6-2-11-23-20(16)19;/h1-2,5-6,8-9,11,13,17,22H,3-4,7,10,12,14-15H2,(H,24,27);1H. The Morgan fingerprint density at radius 3 is 3.03 bits per heavy atom. The van der Waals surface area contributed by atoms with Crippen LogP contribution in [-0.2, 0) is 0 Å². The van der Waals surface area contributed by atoms with Crippen molar-refractivity contribution in [1.82, 2.24) is 25.4 Å². The first-order chi connectivity index (χ1) is 13.8. The van der Waals surface area contributed by atoms with E-state index in [0.29, 0.717) is 31.3 Å². The van der Waals surface area contributed by atoms with E-state index in [-0.39, 0.29) is 18.3 Å². The summed E-state index contributed by atoms with van der Waals surface area (Å²) in [5.41, 5.74) is 1.32. The van der Waals surface area contributed by atoms with Crippen LogP contribution in [0.5, 0.6) is 5.75 Å². The number of carbonyl (C=O) groups excluding carboxylic acids is 1. The molecule has 3 heterocycles. The Kier molecular flexibility index (Phi) is 7.43. The van der Waals surface area contributed by atoms with Gasteiger partial charge in [-0.2, -0.15) is 5.10 Å². The molecule has 1 fully saturated rings. The second kappa shape index (κ2) is 10.2. The largest absolute Gasteiger partial charge is 0.491 e. The highest BCUT2D eigenvalue weighted by Gasteiger charge is 2.17. The third kappa shape index (κ3) is 5.25. The van der Waals surface area contributed by atoms with E-state index in [1.807, 2.05) is 41.2 Å². The lowest BCUT2D eigenvalue weighted by molar-refractivity contribution is 0.0945. The van der Waals surface area contributed by atoms with Crippen molar-refractivity contribution in [3.63, 3.8) is 0 Å². The maximum Gasteiger partial charge on any atom is 0.271 e. The van der Waals surface area contributed by atoms with Gasteiger partial charge in [0.25, 0.3) is 5.91 Å². The lowest BCUT2D eigenvalue weighted by atomic mass is 10.1. The van der Waals surface area contributed by atoms with Crippen LogP contribution in [0.4, 0.5) is 0 Å². The molecule has 4 rings (SSSR count). The highest BCUT2D eigenvalue weighted by atomic mass is 35.5. The number of carbonyl (C=O) groups is 1. The zero-order valence-corrected chi connectivity index (χ0v) is 17.0. The smallest absolute Gasteiger partial charge is 0.271 e. The van der Waals surface area contributed by atoms with E-state index in [1.54, 1.807) is 12.3 Å². The number of piperidine rings is 1. The van der Waals surface area contributed by atoms with Gasteiger partial charge in [-0.3, -0.25) is 14.5 Å². The molecular weight excluding hydrogens is 390 g/mol. The van der Waals surface area contributed by atoms with Crippen LogP contribution < -0.4 is 15.4 Å². The Hall–Kier alpha value is -2.64. The Bertz CT molecular complexity index is 934. The molecule has 1 aliphatic rings. The molecule has 1 atom stereocenters. The van der Waals surface area contributed by atoms with Crippen molar-refractivity contribution in [3.05, 3.63) is 54.5 Å². The summed E-state index contributed by atoms with van der Waals surface area (Å²) in [5, 5.41) is 11.8. The van der Waals surface area contributed by atoms with Gasteiger partial charge in [-0.1, -0.05) is 18.2 Å². The van der Waals surface area contributed by atoms with Crippen molar-refractivity contribution in [1.29, 1.82) is 0 Å². The lowest BCUT2D eigenvalue weighted by Gasteiger charge is -2.22. The number of hydrogen-bond donors (Lipinski definition) is 2. The minimum Gasteiger partial charge on any atom is -0.491 e. The number of nitrogens with one attached hydrogen (secondary N) is 2. The molecule has 1 unspecified atom stereocenters. The van der Waals surface area contributed by atoms with Gasteiger partial charge in [0, 0.05) is 30.9 Å². The molecule has 0 spiro atoms. The minimum atomic E-state index is -0.144. The molecule has 2 N–H and O–H groups in total. The first-order valence-electron chi connectivity index (χ1n) is 9.82. The predicted octanol–water partition coefficient (Wildman–Crippen LogP) is 2.98. The molecular formula is C21H26ClN5O2. The summed E-state index contributed by atoms with van der Waals surface area (Å²) in [6.45, 7) is 3.01. The zero-order valence-electron chi connectivity index (χ0n) is 16.2. The molecule has 0 bridgehead atoms. The van der Waals surface area contributed by atoms with E-state index >= 15 is 0 Å². The van der Waals surface area contributed by atoms with Crippen molar-refractivity contribution in [2.24, 2.45) is 0 Å². The monoisotopic (exact) mass is 415 g/mol. The van der Waals surface area contributed by atoms with Crippen LogP contribution >= 0.6 is 12.4 Å². The number of benzene rings is 1. The van der Waals surface area contributed by atoms with E-state index in [9.17, 15) is 4.79 Å². The summed E-state index contributed by atoms with van der Waals surface area (Å²) in [6, 6.07) is 11.9. The van der Waals surface area contributed by atoms with E-state index in [2.05, 4.69) is 20.7 Å². The van der Waals surface area contributed by atoms with E-state index in [4.69, 9.17) is 4.74 Å². The van der Waals surface area contributed by atoms with Gasteiger partial charge in [-0.25, -0.2) is 0 Å². The fourth-order valence-electron chi connectivity index (χ4n) is 3.46. The summed E-state index contributed by atoms with van der Waals surface area (Å²) in [6.07, 6.45) is 6.59. The van der Waals surface area contributed by atoms with Gasteiger partial charge in [-0.15, -0.1) is 12.4 Å². The number of fused-ring (bicyclic) bond motifs is 1. The number of amides is 1. The maximum atomic E-state index is 12.3. The first kappa shape index (κ1) is 21.1. The van der Waals surface area contributed by atoms with Crippen molar-refractivity contribution in [2.75, 3.05) is 26.2 Å². The van der Waals surface area contributed by atoms with Gasteiger partial charge >= 0.3 is 0 Å². The number of nitrogens with zero attached hydrogens (tertiary/aromatic N) is 3. The fourth-order valence-corrected chi connectivity index (χ4v) is 3.46. The summed E-state index contributed by atoms with van der Waals surface area (Å²) < 4.78 is 7.75. The van der Waals surface area contributed by atoms with Crippen LogP contribution in [-0.4, -0.2) is 46.9 Å².